The molecule has 2 rings (SSSR count). The predicted molar refractivity (Wildman–Crippen MR) is 102 cm³/mol. The van der Waals surface area contributed by atoms with E-state index in [2.05, 4.69) is 5.32 Å². The van der Waals surface area contributed by atoms with Crippen molar-refractivity contribution >= 4 is 21.6 Å². The number of hydrogen-bond donors (Lipinski definition) is 1. The highest BCUT2D eigenvalue weighted by atomic mass is 32.2. The summed E-state index contributed by atoms with van der Waals surface area (Å²) in [6, 6.07) is 4.81. The van der Waals surface area contributed by atoms with Gasteiger partial charge in [0.1, 0.15) is 6.04 Å². The number of sulfonamides is 1. The summed E-state index contributed by atoms with van der Waals surface area (Å²) in [5.41, 5.74) is 2.48. The number of nitrogens with one attached hydrogen (secondary N) is 1. The Morgan fingerprint density at radius 2 is 1.72 bits per heavy atom. The highest BCUT2D eigenvalue weighted by Gasteiger charge is 2.29. The van der Waals surface area contributed by atoms with E-state index >= 15 is 0 Å². The zero-order valence-electron chi connectivity index (χ0n) is 15.7. The third-order valence-electron chi connectivity index (χ3n) is 4.84. The molecule has 1 atom stereocenters. The maximum Gasteiger partial charge on any atom is 0.243 e. The monoisotopic (exact) mass is 366 g/mol. The molecule has 0 heterocycles. The lowest BCUT2D eigenvalue weighted by Gasteiger charge is -2.30. The molecule has 1 aliphatic carbocycles. The largest absolute Gasteiger partial charge is 0.354 e. The molecule has 6 heteroatoms. The number of hydrogen-bond acceptors (Lipinski definition) is 3. The average Bonchev–Trinajstić information content (AvgIpc) is 2.51. The summed E-state index contributed by atoms with van der Waals surface area (Å²) in [7, 11) is -3.57. The maximum absolute atomic E-state index is 12.6. The average molecular weight is 367 g/mol. The van der Waals surface area contributed by atoms with Crippen LogP contribution >= 0.6 is 0 Å². The van der Waals surface area contributed by atoms with Crippen LogP contribution in [0.3, 0.4) is 0 Å². The van der Waals surface area contributed by atoms with E-state index in [0.717, 1.165) is 30.2 Å². The molecule has 0 aliphatic heterocycles. The molecule has 1 saturated carbocycles. The number of rotatable bonds is 6. The van der Waals surface area contributed by atoms with Gasteiger partial charge in [-0.3, -0.25) is 9.10 Å². The molecule has 25 heavy (non-hydrogen) atoms. The summed E-state index contributed by atoms with van der Waals surface area (Å²) in [6.45, 7) is 6.12. The Hall–Kier alpha value is -1.56. The van der Waals surface area contributed by atoms with Gasteiger partial charge in [0, 0.05) is 6.54 Å². The van der Waals surface area contributed by atoms with E-state index in [1.165, 1.54) is 23.6 Å². The van der Waals surface area contributed by atoms with Crippen LogP contribution in [0.4, 0.5) is 5.69 Å². The zero-order valence-corrected chi connectivity index (χ0v) is 16.5. The Kier molecular flexibility index (Phi) is 6.49. The van der Waals surface area contributed by atoms with Crippen LogP contribution in [0.5, 0.6) is 0 Å². The highest BCUT2D eigenvalue weighted by Crippen LogP contribution is 2.25. The zero-order chi connectivity index (χ0) is 18.6. The Labute approximate surface area is 151 Å². The van der Waals surface area contributed by atoms with Gasteiger partial charge in [-0.05, 0) is 62.8 Å². The van der Waals surface area contributed by atoms with Crippen LogP contribution < -0.4 is 9.62 Å². The number of aryl methyl sites for hydroxylation is 2. The van der Waals surface area contributed by atoms with Gasteiger partial charge in [-0.1, -0.05) is 25.3 Å². The van der Waals surface area contributed by atoms with Crippen molar-refractivity contribution in [3.8, 4) is 0 Å². The Bertz CT molecular complexity index is 689. The van der Waals surface area contributed by atoms with E-state index in [4.69, 9.17) is 0 Å². The van der Waals surface area contributed by atoms with Crippen LogP contribution in [-0.2, 0) is 14.8 Å². The molecule has 1 amide bonds. The minimum Gasteiger partial charge on any atom is -0.354 e. The van der Waals surface area contributed by atoms with Gasteiger partial charge < -0.3 is 5.32 Å². The standard InChI is InChI=1S/C19H30N2O3S/c1-14-10-15(2)12-18(11-14)21(25(4,23)24)16(3)19(22)20-13-17-8-6-5-7-9-17/h10-12,16-17H,5-9,13H2,1-4H3,(H,20,22)/t16-/m1/s1. The van der Waals surface area contributed by atoms with E-state index in [0.29, 0.717) is 18.2 Å². The minimum absolute atomic E-state index is 0.241. The summed E-state index contributed by atoms with van der Waals surface area (Å²) in [5, 5.41) is 2.96. The first-order chi connectivity index (χ1) is 11.7. The van der Waals surface area contributed by atoms with Gasteiger partial charge >= 0.3 is 0 Å². The predicted octanol–water partition coefficient (Wildman–Crippen LogP) is 3.15. The van der Waals surface area contributed by atoms with Gasteiger partial charge in [0.05, 0.1) is 11.9 Å². The van der Waals surface area contributed by atoms with Crippen molar-refractivity contribution in [2.75, 3.05) is 17.1 Å². The Balaban J connectivity index is 2.15. The summed E-state index contributed by atoms with van der Waals surface area (Å²) in [4.78, 5) is 12.6. The first kappa shape index (κ1) is 19.8. The fourth-order valence-corrected chi connectivity index (χ4v) is 4.83. The first-order valence-electron chi connectivity index (χ1n) is 9.04. The van der Waals surface area contributed by atoms with Gasteiger partial charge in [-0.25, -0.2) is 8.42 Å². The van der Waals surface area contributed by atoms with Crippen LogP contribution in [0.15, 0.2) is 18.2 Å². The summed E-state index contributed by atoms with van der Waals surface area (Å²) < 4.78 is 25.9. The lowest BCUT2D eigenvalue weighted by Crippen LogP contribution is -2.48. The second-order valence-electron chi connectivity index (χ2n) is 7.33. The fourth-order valence-electron chi connectivity index (χ4n) is 3.67. The first-order valence-corrected chi connectivity index (χ1v) is 10.9. The van der Waals surface area contributed by atoms with Crippen molar-refractivity contribution in [3.05, 3.63) is 29.3 Å². The third-order valence-corrected chi connectivity index (χ3v) is 6.08. The van der Waals surface area contributed by atoms with Crippen LogP contribution in [0.25, 0.3) is 0 Å². The molecule has 1 aromatic carbocycles. The highest BCUT2D eigenvalue weighted by molar-refractivity contribution is 7.92. The maximum atomic E-state index is 12.6. The molecule has 1 aliphatic rings. The van der Waals surface area contributed by atoms with Crippen molar-refractivity contribution in [1.29, 1.82) is 0 Å². The molecule has 0 unspecified atom stereocenters. The molecular weight excluding hydrogens is 336 g/mol. The number of carbonyl (C=O) groups excluding carboxylic acids is 1. The molecule has 5 nitrogen and oxygen atoms in total. The molecule has 0 saturated heterocycles. The molecule has 0 spiro atoms. The van der Waals surface area contributed by atoms with Crippen LogP contribution in [0.2, 0.25) is 0 Å². The van der Waals surface area contributed by atoms with E-state index in [9.17, 15) is 13.2 Å². The van der Waals surface area contributed by atoms with Crippen molar-refractivity contribution in [1.82, 2.24) is 5.32 Å². The van der Waals surface area contributed by atoms with Gasteiger partial charge in [0.2, 0.25) is 15.9 Å². The number of carbonyl (C=O) groups is 1. The lowest BCUT2D eigenvalue weighted by atomic mass is 9.89. The molecular formula is C19H30N2O3S. The second kappa shape index (κ2) is 8.21. The number of nitrogens with zero attached hydrogens (tertiary/aromatic N) is 1. The topological polar surface area (TPSA) is 66.5 Å². The van der Waals surface area contributed by atoms with Gasteiger partial charge in [0.25, 0.3) is 0 Å². The second-order valence-corrected chi connectivity index (χ2v) is 9.19. The molecule has 1 fully saturated rings. The molecule has 1 N–H and O–H groups in total. The normalized spacial score (nSPS) is 17.1. The number of benzene rings is 1. The van der Waals surface area contributed by atoms with Crippen molar-refractivity contribution < 1.29 is 13.2 Å². The van der Waals surface area contributed by atoms with E-state index in [1.807, 2.05) is 19.9 Å². The van der Waals surface area contributed by atoms with Gasteiger partial charge in [-0.15, -0.1) is 0 Å². The third kappa shape index (κ3) is 5.46. The molecule has 0 aromatic heterocycles. The fraction of sp³-hybridized carbons (Fsp3) is 0.632. The van der Waals surface area contributed by atoms with E-state index < -0.39 is 16.1 Å². The van der Waals surface area contributed by atoms with Gasteiger partial charge in [-0.2, -0.15) is 0 Å². The summed E-state index contributed by atoms with van der Waals surface area (Å²) in [5.74, 6) is 0.271. The molecule has 140 valence electrons. The molecule has 1 aromatic rings. The quantitative estimate of drug-likeness (QED) is 0.841. The number of amides is 1. The van der Waals surface area contributed by atoms with Gasteiger partial charge in [0.15, 0.2) is 0 Å². The van der Waals surface area contributed by atoms with Crippen LogP contribution in [0.1, 0.15) is 50.2 Å². The van der Waals surface area contributed by atoms with E-state index in [-0.39, 0.29) is 5.91 Å². The lowest BCUT2D eigenvalue weighted by molar-refractivity contribution is -0.122. The Morgan fingerprint density at radius 3 is 2.24 bits per heavy atom. The Morgan fingerprint density at radius 1 is 1.16 bits per heavy atom. The smallest absolute Gasteiger partial charge is 0.243 e. The van der Waals surface area contributed by atoms with Crippen molar-refractivity contribution in [2.45, 2.75) is 58.9 Å². The SMILES string of the molecule is Cc1cc(C)cc(N([C@H](C)C(=O)NCC2CCCCC2)S(C)(=O)=O)c1. The minimum atomic E-state index is -3.57. The van der Waals surface area contributed by atoms with Crippen LogP contribution in [0, 0.1) is 19.8 Å². The molecule has 0 radical (unpaired) electrons. The molecule has 0 bridgehead atoms. The van der Waals surface area contributed by atoms with E-state index in [1.54, 1.807) is 19.1 Å². The van der Waals surface area contributed by atoms with Crippen molar-refractivity contribution in [3.63, 3.8) is 0 Å². The summed E-state index contributed by atoms with van der Waals surface area (Å²) in [6.07, 6.45) is 7.14. The number of anilines is 1. The van der Waals surface area contributed by atoms with Crippen LogP contribution in [-0.4, -0.2) is 33.2 Å². The van der Waals surface area contributed by atoms with Crippen molar-refractivity contribution in [2.24, 2.45) is 5.92 Å². The summed E-state index contributed by atoms with van der Waals surface area (Å²) >= 11 is 0.